The van der Waals surface area contributed by atoms with Crippen molar-refractivity contribution >= 4 is 35.1 Å². The second kappa shape index (κ2) is 9.57. The van der Waals surface area contributed by atoms with Crippen LogP contribution >= 0.6 is 35.1 Å². The molecule has 1 aromatic heterocycles. The van der Waals surface area contributed by atoms with E-state index < -0.39 is 71.1 Å². The minimum atomic E-state index is -5.76. The number of aromatic amines is 1. The van der Waals surface area contributed by atoms with Gasteiger partial charge in [0.05, 0.1) is 19.3 Å². The molecule has 0 aliphatic carbocycles. The average Bonchev–Trinajstić information content (AvgIpc) is 2.89. The van der Waals surface area contributed by atoms with Gasteiger partial charge < -0.3 is 29.4 Å². The summed E-state index contributed by atoms with van der Waals surface area (Å²) in [4.78, 5) is 58.8. The molecule has 1 aliphatic heterocycles. The van der Waals surface area contributed by atoms with Crippen molar-refractivity contribution in [3.05, 3.63) is 27.0 Å². The van der Waals surface area contributed by atoms with E-state index in [0.717, 1.165) is 0 Å². The second-order valence-corrected chi connectivity index (χ2v) is 11.0. The van der Waals surface area contributed by atoms with Crippen LogP contribution in [0.3, 0.4) is 0 Å². The van der Waals surface area contributed by atoms with Gasteiger partial charge in [-0.15, -0.1) is 6.42 Å². The first-order chi connectivity index (χ1) is 14.5. The topological polar surface area (TPSA) is 257 Å². The van der Waals surface area contributed by atoms with E-state index in [2.05, 4.69) is 24.2 Å². The third-order valence-corrected chi connectivity index (χ3v) is 8.23. The van der Waals surface area contributed by atoms with Crippen molar-refractivity contribution in [1.82, 2.24) is 14.8 Å². The molecule has 2 rings (SSSR count). The van der Waals surface area contributed by atoms with E-state index in [4.69, 9.17) is 37.4 Å². The molecule has 1 aliphatic rings. The van der Waals surface area contributed by atoms with Gasteiger partial charge in [0.2, 0.25) is 0 Å². The Kier molecular flexibility index (Phi) is 8.09. The molecule has 4 unspecified atom stereocenters. The highest BCUT2D eigenvalue weighted by atomic mass is 35.5. The molecule has 0 saturated carbocycles. The number of phosphoric acid groups is 3. The summed E-state index contributed by atoms with van der Waals surface area (Å²) in [7, 11) is -16.9. The van der Waals surface area contributed by atoms with Gasteiger partial charge in [0.1, 0.15) is 6.20 Å². The molecule has 1 aromatic rings. The molecule has 32 heavy (non-hydrogen) atoms. The maximum atomic E-state index is 12.0. The molecule has 1 fully saturated rings. The van der Waals surface area contributed by atoms with Gasteiger partial charge in [0.25, 0.3) is 5.56 Å². The Morgan fingerprint density at radius 1 is 1.25 bits per heavy atom. The number of phosphoric ester groups is 1. The van der Waals surface area contributed by atoms with E-state index >= 15 is 0 Å². The Labute approximate surface area is 182 Å². The van der Waals surface area contributed by atoms with Crippen LogP contribution in [-0.2, 0) is 31.6 Å². The molecular weight excluding hydrogens is 527 g/mol. The number of aliphatic hydroxyl groups is 1. The Morgan fingerprint density at radius 2 is 1.88 bits per heavy atom. The summed E-state index contributed by atoms with van der Waals surface area (Å²) in [6.45, 7) is -1.81. The van der Waals surface area contributed by atoms with Crippen LogP contribution in [0, 0.1) is 18.3 Å². The van der Waals surface area contributed by atoms with E-state index in [9.17, 15) is 33.3 Å². The fraction of sp³-hybridized carbons (Fsp3) is 0.545. The number of nitrogens with one attached hydrogen (secondary N) is 1. The summed E-state index contributed by atoms with van der Waals surface area (Å²) in [5, 5.41) is 13.2. The van der Waals surface area contributed by atoms with Crippen LogP contribution in [0.5, 0.6) is 0 Å². The SMILES string of the molecule is C#CC1(Cl)C(CO)[C@@H](COP(=O)(O)OP(=O)(O)OP(=O)(O)O)O[C@H]1n1ncc(=O)[nH]c1=O. The zero-order valence-corrected chi connectivity index (χ0v) is 18.8. The van der Waals surface area contributed by atoms with E-state index in [1.165, 1.54) is 0 Å². The van der Waals surface area contributed by atoms with Gasteiger partial charge in [-0.05, 0) is 0 Å². The zero-order valence-electron chi connectivity index (χ0n) is 15.3. The van der Waals surface area contributed by atoms with E-state index in [1.807, 2.05) is 4.98 Å². The normalized spacial score (nSPS) is 29.7. The summed E-state index contributed by atoms with van der Waals surface area (Å²) in [5.41, 5.74) is -1.94. The van der Waals surface area contributed by atoms with Crippen molar-refractivity contribution in [2.24, 2.45) is 5.92 Å². The van der Waals surface area contributed by atoms with Crippen molar-refractivity contribution in [3.8, 4) is 12.3 Å². The molecule has 21 heteroatoms. The fourth-order valence-electron chi connectivity index (χ4n) is 2.63. The number of hydrogen-bond donors (Lipinski definition) is 6. The lowest BCUT2D eigenvalue weighted by Crippen LogP contribution is -2.43. The standard InChI is InChI=1S/C11H15ClN3O14P3/c1-2-11(12)6(4-16)7(27-9(11)15-10(18)14-8(17)3-13-15)5-26-31(22,23)29-32(24,25)28-30(19,20)21/h1,3,6-7,9,16H,4-5H2,(H,22,23)(H,24,25)(H,14,17,18)(H2,19,20,21)/t6?,7-,9-,11?/m1/s1. The number of aromatic nitrogens is 3. The van der Waals surface area contributed by atoms with Crippen molar-refractivity contribution in [3.63, 3.8) is 0 Å². The molecule has 0 amide bonds. The molecular formula is C11H15ClN3O14P3. The lowest BCUT2D eigenvalue weighted by atomic mass is 9.90. The second-order valence-electron chi connectivity index (χ2n) is 6.00. The molecule has 17 nitrogen and oxygen atoms in total. The van der Waals surface area contributed by atoms with Gasteiger partial charge in [0, 0.05) is 5.92 Å². The minimum Gasteiger partial charge on any atom is -0.396 e. The quantitative estimate of drug-likeness (QED) is 0.117. The lowest BCUT2D eigenvalue weighted by Gasteiger charge is -2.26. The van der Waals surface area contributed by atoms with Gasteiger partial charge in [-0.3, -0.25) is 14.3 Å². The van der Waals surface area contributed by atoms with Crippen molar-refractivity contribution in [1.29, 1.82) is 0 Å². The fourth-order valence-corrected chi connectivity index (χ4v) is 6.02. The van der Waals surface area contributed by atoms with Gasteiger partial charge in [-0.25, -0.2) is 18.5 Å². The highest BCUT2D eigenvalue weighted by molar-refractivity contribution is 7.66. The van der Waals surface area contributed by atoms with Crippen LogP contribution < -0.4 is 11.2 Å². The summed E-state index contributed by atoms with van der Waals surface area (Å²) in [5.74, 6) is 0.817. The monoisotopic (exact) mass is 541 g/mol. The number of halogens is 1. The predicted molar refractivity (Wildman–Crippen MR) is 101 cm³/mol. The molecule has 6 N–H and O–H groups in total. The van der Waals surface area contributed by atoms with Crippen LogP contribution in [0.2, 0.25) is 0 Å². The zero-order chi connectivity index (χ0) is 24.5. The van der Waals surface area contributed by atoms with Crippen LogP contribution in [0.25, 0.3) is 0 Å². The van der Waals surface area contributed by atoms with Crippen LogP contribution in [-0.4, -0.2) is 63.6 Å². The molecule has 6 atom stereocenters. The molecule has 180 valence electrons. The Bertz CT molecular complexity index is 1160. The van der Waals surface area contributed by atoms with Gasteiger partial charge in [-0.2, -0.15) is 18.4 Å². The number of terminal acetylenes is 1. The number of ether oxygens (including phenoxy) is 1. The average molecular weight is 542 g/mol. The maximum absolute atomic E-state index is 12.0. The highest BCUT2D eigenvalue weighted by Crippen LogP contribution is 2.66. The third kappa shape index (κ3) is 6.43. The van der Waals surface area contributed by atoms with Crippen molar-refractivity contribution < 1.29 is 56.3 Å². The number of alkyl halides is 1. The van der Waals surface area contributed by atoms with Crippen LogP contribution in [0.15, 0.2) is 15.8 Å². The first-order valence-corrected chi connectivity index (χ1v) is 12.8. The highest BCUT2D eigenvalue weighted by Gasteiger charge is 2.57. The Balaban J connectivity index is 2.24. The van der Waals surface area contributed by atoms with Gasteiger partial charge >= 0.3 is 29.2 Å². The van der Waals surface area contributed by atoms with E-state index in [-0.39, 0.29) is 0 Å². The Hall–Kier alpha value is -1.21. The van der Waals surface area contributed by atoms with Gasteiger partial charge in [-0.1, -0.05) is 17.5 Å². The van der Waals surface area contributed by atoms with Crippen molar-refractivity contribution in [2.75, 3.05) is 13.2 Å². The van der Waals surface area contributed by atoms with E-state index in [0.29, 0.717) is 10.9 Å². The molecule has 0 radical (unpaired) electrons. The smallest absolute Gasteiger partial charge is 0.396 e. The predicted octanol–water partition coefficient (Wildman–Crippen LogP) is -1.61. The summed E-state index contributed by atoms with van der Waals surface area (Å²) in [6.07, 6.45) is 3.04. The minimum absolute atomic E-state index is 0.543. The molecule has 1 saturated heterocycles. The summed E-state index contributed by atoms with van der Waals surface area (Å²) in [6, 6.07) is 0. The summed E-state index contributed by atoms with van der Waals surface area (Å²) >= 11 is 6.34. The van der Waals surface area contributed by atoms with Gasteiger partial charge in [0.15, 0.2) is 11.1 Å². The number of rotatable bonds is 9. The number of H-pyrrole nitrogens is 1. The molecule has 0 bridgehead atoms. The largest absolute Gasteiger partial charge is 0.490 e. The first kappa shape index (κ1) is 27.0. The number of nitrogens with zero attached hydrogens (tertiary/aromatic N) is 2. The Morgan fingerprint density at radius 3 is 2.38 bits per heavy atom. The molecule has 0 spiro atoms. The summed E-state index contributed by atoms with van der Waals surface area (Å²) < 4.78 is 51.5. The molecule has 0 aromatic carbocycles. The lowest BCUT2D eigenvalue weighted by molar-refractivity contribution is -0.0432. The first-order valence-electron chi connectivity index (χ1n) is 7.93. The van der Waals surface area contributed by atoms with Crippen LogP contribution in [0.1, 0.15) is 6.23 Å². The number of aliphatic hydroxyl groups excluding tert-OH is 1. The number of hydrogen-bond acceptors (Lipinski definition) is 11. The van der Waals surface area contributed by atoms with E-state index in [1.54, 1.807) is 0 Å². The van der Waals surface area contributed by atoms with Crippen LogP contribution in [0.4, 0.5) is 0 Å². The maximum Gasteiger partial charge on any atom is 0.490 e. The third-order valence-electron chi connectivity index (χ3n) is 3.85. The molecule has 2 heterocycles. The van der Waals surface area contributed by atoms with Crippen molar-refractivity contribution in [2.45, 2.75) is 17.2 Å².